The third-order valence-electron chi connectivity index (χ3n) is 7.15. The summed E-state index contributed by atoms with van der Waals surface area (Å²) in [4.78, 5) is 17.1. The van der Waals surface area contributed by atoms with Crippen LogP contribution in [0.15, 0.2) is 30.5 Å². The van der Waals surface area contributed by atoms with Gasteiger partial charge in [0.05, 0.1) is 5.52 Å². The van der Waals surface area contributed by atoms with Crippen LogP contribution in [0, 0.1) is 34.9 Å². The number of benzene rings is 1. The molecule has 0 spiro atoms. The second kappa shape index (κ2) is 7.24. The van der Waals surface area contributed by atoms with Gasteiger partial charge < -0.3 is 0 Å². The third kappa shape index (κ3) is 3.86. The monoisotopic (exact) mass is 381 g/mol. The second-order valence-electron chi connectivity index (χ2n) is 10.5. The van der Waals surface area contributed by atoms with Crippen LogP contribution in [0.3, 0.4) is 0 Å². The van der Waals surface area contributed by atoms with Crippen molar-refractivity contribution in [3.8, 4) is 0 Å². The van der Waals surface area contributed by atoms with Gasteiger partial charge in [0.2, 0.25) is 0 Å². The molecule has 2 aliphatic carbocycles. The molecule has 0 N–H and O–H groups in total. The molecule has 28 heavy (non-hydrogen) atoms. The van der Waals surface area contributed by atoms with Crippen LogP contribution in [-0.4, -0.2) is 10.8 Å². The van der Waals surface area contributed by atoms with E-state index < -0.39 is 0 Å². The molecule has 5 atom stereocenters. The van der Waals surface area contributed by atoms with Crippen molar-refractivity contribution in [3.05, 3.63) is 41.8 Å². The summed E-state index contributed by atoms with van der Waals surface area (Å²) in [5, 5.41) is 0.970. The number of pyridine rings is 1. The Hall–Kier alpha value is -1.77. The Labute approximate surface area is 167 Å². The minimum Gasteiger partial charge on any atom is -0.299 e. The number of nitrogens with zero attached hydrogens (tertiary/aromatic N) is 1. The molecule has 1 aromatic carbocycles. The molecule has 0 saturated heterocycles. The molecular weight excluding hydrogens is 349 g/mol. The lowest BCUT2D eigenvalue weighted by Gasteiger charge is -2.24. The Balaban J connectivity index is 1.45. The highest BCUT2D eigenvalue weighted by atomic mass is 19.1. The van der Waals surface area contributed by atoms with Crippen LogP contribution < -0.4 is 0 Å². The number of fused-ring (bicyclic) bond motifs is 2. The number of carbonyl (C=O) groups is 1. The van der Waals surface area contributed by atoms with E-state index in [-0.39, 0.29) is 17.2 Å². The van der Waals surface area contributed by atoms with Crippen molar-refractivity contribution in [3.63, 3.8) is 0 Å². The van der Waals surface area contributed by atoms with Gasteiger partial charge in [-0.1, -0.05) is 27.7 Å². The SMILES string of the molecule is CC(C(=O)CC(C)(C)C)C1C[C@H]2CC(c3ccnc4ccc(F)cc34)C[C@H]2C1. The molecular formula is C25H32FNO. The van der Waals surface area contributed by atoms with Gasteiger partial charge in [0.1, 0.15) is 11.6 Å². The predicted octanol–water partition coefficient (Wildman–Crippen LogP) is 6.54. The third-order valence-corrected chi connectivity index (χ3v) is 7.15. The molecule has 2 fully saturated rings. The molecule has 2 saturated carbocycles. The predicted molar refractivity (Wildman–Crippen MR) is 112 cm³/mol. The molecule has 1 heterocycles. The first-order valence-corrected chi connectivity index (χ1v) is 10.8. The van der Waals surface area contributed by atoms with Crippen LogP contribution in [0.25, 0.3) is 10.9 Å². The average Bonchev–Trinajstić information content (AvgIpc) is 3.18. The highest BCUT2D eigenvalue weighted by Gasteiger charge is 2.44. The van der Waals surface area contributed by atoms with E-state index in [1.54, 1.807) is 12.1 Å². The number of hydrogen-bond donors (Lipinski definition) is 0. The molecule has 0 amide bonds. The van der Waals surface area contributed by atoms with Crippen LogP contribution in [-0.2, 0) is 4.79 Å². The molecule has 0 bridgehead atoms. The summed E-state index contributed by atoms with van der Waals surface area (Å²) in [5.74, 6) is 2.87. The fourth-order valence-electron chi connectivity index (χ4n) is 5.77. The fourth-order valence-corrected chi connectivity index (χ4v) is 5.77. The van der Waals surface area contributed by atoms with E-state index in [0.717, 1.165) is 23.7 Å². The van der Waals surface area contributed by atoms with Gasteiger partial charge in [-0.05, 0) is 84.6 Å². The molecule has 3 unspecified atom stereocenters. The molecule has 4 rings (SSSR count). The minimum absolute atomic E-state index is 0.0720. The average molecular weight is 382 g/mol. The molecule has 2 aromatic rings. The first-order chi connectivity index (χ1) is 13.2. The van der Waals surface area contributed by atoms with Crippen LogP contribution in [0.2, 0.25) is 0 Å². The van der Waals surface area contributed by atoms with Gasteiger partial charge in [0, 0.05) is 23.9 Å². The standard InChI is InChI=1S/C25H32FNO/c1-15(24(28)14-25(2,3)4)16-9-17-11-19(12-18(17)10-16)21-7-8-27-23-6-5-20(26)13-22(21)23/h5-8,13,15-19H,9-12,14H2,1-4H3/t15?,16?,17-,18+,19?. The Bertz CT molecular complexity index is 870. The van der Waals surface area contributed by atoms with E-state index in [1.807, 2.05) is 6.20 Å². The van der Waals surface area contributed by atoms with E-state index in [9.17, 15) is 9.18 Å². The van der Waals surface area contributed by atoms with E-state index in [2.05, 4.69) is 38.7 Å². The topological polar surface area (TPSA) is 30.0 Å². The Morgan fingerprint density at radius 2 is 1.82 bits per heavy atom. The van der Waals surface area contributed by atoms with E-state index in [0.29, 0.717) is 35.9 Å². The van der Waals surface area contributed by atoms with Crippen molar-refractivity contribution in [2.24, 2.45) is 29.1 Å². The van der Waals surface area contributed by atoms with Gasteiger partial charge in [0.25, 0.3) is 0 Å². The summed E-state index contributed by atoms with van der Waals surface area (Å²) < 4.78 is 13.8. The first kappa shape index (κ1) is 19.5. The number of ketones is 1. The zero-order chi connectivity index (χ0) is 20.1. The number of carbonyl (C=O) groups excluding carboxylic acids is 1. The smallest absolute Gasteiger partial charge is 0.136 e. The highest BCUT2D eigenvalue weighted by molar-refractivity contribution is 5.83. The summed E-state index contributed by atoms with van der Waals surface area (Å²) in [6.45, 7) is 8.59. The summed E-state index contributed by atoms with van der Waals surface area (Å²) in [5.41, 5.74) is 2.21. The van der Waals surface area contributed by atoms with Gasteiger partial charge in [-0.3, -0.25) is 9.78 Å². The van der Waals surface area contributed by atoms with Gasteiger partial charge in [-0.25, -0.2) is 4.39 Å². The Morgan fingerprint density at radius 1 is 1.14 bits per heavy atom. The quantitative estimate of drug-likeness (QED) is 0.602. The molecule has 3 heteroatoms. The molecule has 2 aliphatic rings. The van der Waals surface area contributed by atoms with Gasteiger partial charge in [0.15, 0.2) is 0 Å². The van der Waals surface area contributed by atoms with Crippen molar-refractivity contribution in [2.45, 2.75) is 65.7 Å². The van der Waals surface area contributed by atoms with E-state index >= 15 is 0 Å². The lowest BCUT2D eigenvalue weighted by Crippen LogP contribution is -2.24. The first-order valence-electron chi connectivity index (χ1n) is 10.8. The molecule has 0 aliphatic heterocycles. The maximum absolute atomic E-state index is 13.8. The molecule has 2 nitrogen and oxygen atoms in total. The van der Waals surface area contributed by atoms with Crippen molar-refractivity contribution < 1.29 is 9.18 Å². The summed E-state index contributed by atoms with van der Waals surface area (Å²) in [7, 11) is 0. The normalized spacial score (nSPS) is 28.5. The zero-order valence-corrected chi connectivity index (χ0v) is 17.5. The van der Waals surface area contributed by atoms with Crippen LogP contribution >= 0.6 is 0 Å². The highest BCUT2D eigenvalue weighted by Crippen LogP contribution is 2.54. The van der Waals surface area contributed by atoms with Crippen LogP contribution in [0.4, 0.5) is 4.39 Å². The van der Waals surface area contributed by atoms with E-state index in [4.69, 9.17) is 0 Å². The second-order valence-corrected chi connectivity index (χ2v) is 10.5. The van der Waals surface area contributed by atoms with Crippen molar-refractivity contribution in [1.82, 2.24) is 4.98 Å². The number of hydrogen-bond acceptors (Lipinski definition) is 2. The van der Waals surface area contributed by atoms with Gasteiger partial charge in [-0.15, -0.1) is 0 Å². The number of aromatic nitrogens is 1. The summed E-state index contributed by atoms with van der Waals surface area (Å²) >= 11 is 0. The number of Topliss-reactive ketones (excluding diaryl/α,β-unsaturated/α-hetero) is 1. The zero-order valence-electron chi connectivity index (χ0n) is 17.5. The molecule has 150 valence electrons. The minimum atomic E-state index is -0.189. The van der Waals surface area contributed by atoms with Crippen molar-refractivity contribution >= 4 is 16.7 Å². The largest absolute Gasteiger partial charge is 0.299 e. The summed E-state index contributed by atoms with van der Waals surface area (Å²) in [6, 6.07) is 6.99. The van der Waals surface area contributed by atoms with Crippen LogP contribution in [0.5, 0.6) is 0 Å². The van der Waals surface area contributed by atoms with E-state index in [1.165, 1.54) is 24.5 Å². The van der Waals surface area contributed by atoms with Crippen molar-refractivity contribution in [2.75, 3.05) is 0 Å². The van der Waals surface area contributed by atoms with Crippen molar-refractivity contribution in [1.29, 1.82) is 0 Å². The number of halogens is 1. The van der Waals surface area contributed by atoms with Gasteiger partial charge in [-0.2, -0.15) is 0 Å². The maximum atomic E-state index is 13.8. The fraction of sp³-hybridized carbons (Fsp3) is 0.600. The molecule has 0 radical (unpaired) electrons. The number of rotatable bonds is 4. The van der Waals surface area contributed by atoms with Gasteiger partial charge >= 0.3 is 0 Å². The lowest BCUT2D eigenvalue weighted by molar-refractivity contribution is -0.125. The van der Waals surface area contributed by atoms with Crippen LogP contribution in [0.1, 0.15) is 71.3 Å². The molecule has 1 aromatic heterocycles. The summed E-state index contributed by atoms with van der Waals surface area (Å²) in [6.07, 6.45) is 7.22. The lowest BCUT2D eigenvalue weighted by atomic mass is 9.79. The maximum Gasteiger partial charge on any atom is 0.136 e. The Kier molecular flexibility index (Phi) is 5.05. The Morgan fingerprint density at radius 3 is 2.46 bits per heavy atom.